The Labute approximate surface area is 69.1 Å². The minimum absolute atomic E-state index is 0.306. The van der Waals surface area contributed by atoms with Gasteiger partial charge in [-0.2, -0.15) is 0 Å². The van der Waals surface area contributed by atoms with Gasteiger partial charge in [0.05, 0.1) is 9.94 Å². The van der Waals surface area contributed by atoms with Crippen molar-refractivity contribution in [1.29, 1.82) is 0 Å². The first-order chi connectivity index (χ1) is 4.63. The number of nitrogens with two attached hydrogens (primary N) is 1. The first-order valence-corrected chi connectivity index (χ1v) is 4.09. The lowest BCUT2D eigenvalue weighted by molar-refractivity contribution is -0.113. The average Bonchev–Trinajstić information content (AvgIpc) is 1.88. The van der Waals surface area contributed by atoms with Crippen LogP contribution in [0, 0.1) is 0 Å². The van der Waals surface area contributed by atoms with E-state index in [1.807, 2.05) is 0 Å². The second kappa shape index (κ2) is 4.41. The fraction of sp³-hybridized carbons (Fsp3) is 0.167. The Morgan fingerprint density at radius 1 is 1.80 bits per heavy atom. The predicted octanol–water partition coefficient (Wildman–Crippen LogP) is 1.47. The zero-order valence-corrected chi connectivity index (χ0v) is 7.13. The Kier molecular flexibility index (Phi) is 4.23. The number of rotatable bonds is 3. The highest BCUT2D eigenvalue weighted by molar-refractivity contribution is 8.03. The van der Waals surface area contributed by atoms with Crippen molar-refractivity contribution in [3.63, 3.8) is 0 Å². The molecule has 0 unspecified atom stereocenters. The van der Waals surface area contributed by atoms with Gasteiger partial charge in [-0.15, -0.1) is 11.8 Å². The standard InChI is InChI=1S/C6H8ClNOS/c1-3-4(7)5(10-2)6(8)9/h3H,1H2,2H3,(H2,8,9)/b5-4+. The maximum atomic E-state index is 10.5. The zero-order valence-electron chi connectivity index (χ0n) is 5.56. The number of hydrogen-bond donors (Lipinski definition) is 1. The van der Waals surface area contributed by atoms with Crippen LogP contribution < -0.4 is 5.73 Å². The van der Waals surface area contributed by atoms with E-state index in [0.717, 1.165) is 0 Å². The molecule has 0 aromatic rings. The van der Waals surface area contributed by atoms with E-state index in [2.05, 4.69) is 6.58 Å². The molecule has 0 aliphatic heterocycles. The van der Waals surface area contributed by atoms with Gasteiger partial charge >= 0.3 is 0 Å². The van der Waals surface area contributed by atoms with Crippen molar-refractivity contribution < 1.29 is 4.79 Å². The molecule has 1 amide bonds. The molecule has 0 radical (unpaired) electrons. The maximum absolute atomic E-state index is 10.5. The van der Waals surface area contributed by atoms with Crippen LogP contribution in [0.2, 0.25) is 0 Å². The summed E-state index contributed by atoms with van der Waals surface area (Å²) in [6.45, 7) is 3.40. The first-order valence-electron chi connectivity index (χ1n) is 2.49. The van der Waals surface area contributed by atoms with Crippen molar-refractivity contribution in [2.75, 3.05) is 6.26 Å². The zero-order chi connectivity index (χ0) is 8.15. The Hall–Kier alpha value is -0.410. The number of carbonyl (C=O) groups is 1. The van der Waals surface area contributed by atoms with E-state index >= 15 is 0 Å². The Bertz CT molecular complexity index is 188. The molecule has 0 saturated carbocycles. The van der Waals surface area contributed by atoms with Crippen LogP contribution in [0.5, 0.6) is 0 Å². The largest absolute Gasteiger partial charge is 0.365 e. The van der Waals surface area contributed by atoms with Crippen LogP contribution in [0.1, 0.15) is 0 Å². The van der Waals surface area contributed by atoms with Crippen LogP contribution in [-0.4, -0.2) is 12.2 Å². The molecule has 0 aromatic carbocycles. The molecule has 0 aliphatic carbocycles. The van der Waals surface area contributed by atoms with Crippen LogP contribution in [0.3, 0.4) is 0 Å². The molecule has 56 valence electrons. The van der Waals surface area contributed by atoms with Crippen LogP contribution in [0.4, 0.5) is 0 Å². The molecule has 0 heterocycles. The summed E-state index contributed by atoms with van der Waals surface area (Å²) in [5.74, 6) is -0.516. The van der Waals surface area contributed by atoms with Crippen molar-refractivity contribution in [3.05, 3.63) is 22.6 Å². The molecule has 10 heavy (non-hydrogen) atoms. The van der Waals surface area contributed by atoms with E-state index in [1.54, 1.807) is 6.26 Å². The van der Waals surface area contributed by atoms with E-state index in [1.165, 1.54) is 17.8 Å². The van der Waals surface area contributed by atoms with Gasteiger partial charge in [0.1, 0.15) is 0 Å². The van der Waals surface area contributed by atoms with Crippen LogP contribution in [0.15, 0.2) is 22.6 Å². The van der Waals surface area contributed by atoms with Gasteiger partial charge in [0.15, 0.2) is 0 Å². The molecule has 4 heteroatoms. The van der Waals surface area contributed by atoms with Gasteiger partial charge in [-0.05, 0) is 12.3 Å². The van der Waals surface area contributed by atoms with Crippen molar-refractivity contribution in [2.24, 2.45) is 5.73 Å². The second-order valence-corrected chi connectivity index (χ2v) is 2.67. The predicted molar refractivity (Wildman–Crippen MR) is 45.8 cm³/mol. The summed E-state index contributed by atoms with van der Waals surface area (Å²) in [6, 6.07) is 0. The fourth-order valence-corrected chi connectivity index (χ4v) is 1.21. The van der Waals surface area contributed by atoms with Gasteiger partial charge < -0.3 is 5.73 Å². The molecule has 0 atom stereocenters. The Morgan fingerprint density at radius 2 is 2.30 bits per heavy atom. The molecule has 0 rings (SSSR count). The maximum Gasteiger partial charge on any atom is 0.256 e. The fourth-order valence-electron chi connectivity index (χ4n) is 0.408. The lowest BCUT2D eigenvalue weighted by Gasteiger charge is -1.97. The Morgan fingerprint density at radius 3 is 2.40 bits per heavy atom. The summed E-state index contributed by atoms with van der Waals surface area (Å²) in [5.41, 5.74) is 4.97. The molecule has 2 N–H and O–H groups in total. The molecule has 0 aromatic heterocycles. The number of amides is 1. The molecule has 0 fully saturated rings. The van der Waals surface area contributed by atoms with E-state index in [0.29, 0.717) is 9.94 Å². The molecule has 0 saturated heterocycles. The second-order valence-electron chi connectivity index (χ2n) is 1.45. The van der Waals surface area contributed by atoms with Crippen LogP contribution in [-0.2, 0) is 4.79 Å². The Balaban J connectivity index is 4.62. The quantitative estimate of drug-likeness (QED) is 0.524. The van der Waals surface area contributed by atoms with Crippen molar-refractivity contribution in [2.45, 2.75) is 0 Å². The van der Waals surface area contributed by atoms with Gasteiger partial charge in [-0.25, -0.2) is 0 Å². The smallest absolute Gasteiger partial charge is 0.256 e. The van der Waals surface area contributed by atoms with Crippen molar-refractivity contribution in [1.82, 2.24) is 0 Å². The third-order valence-electron chi connectivity index (χ3n) is 0.824. The molecular weight excluding hydrogens is 170 g/mol. The minimum atomic E-state index is -0.516. The number of hydrogen-bond acceptors (Lipinski definition) is 2. The average molecular weight is 178 g/mol. The van der Waals surface area contributed by atoms with E-state index in [9.17, 15) is 4.79 Å². The molecular formula is C6H8ClNOS. The van der Waals surface area contributed by atoms with Crippen LogP contribution >= 0.6 is 23.4 Å². The number of thioether (sulfide) groups is 1. The third kappa shape index (κ3) is 2.45. The van der Waals surface area contributed by atoms with Gasteiger partial charge in [0, 0.05) is 0 Å². The highest BCUT2D eigenvalue weighted by atomic mass is 35.5. The van der Waals surface area contributed by atoms with Crippen molar-refractivity contribution in [3.8, 4) is 0 Å². The summed E-state index contributed by atoms with van der Waals surface area (Å²) >= 11 is 6.78. The van der Waals surface area contributed by atoms with E-state index in [-0.39, 0.29) is 0 Å². The highest BCUT2D eigenvalue weighted by Crippen LogP contribution is 2.19. The van der Waals surface area contributed by atoms with Gasteiger partial charge in [-0.3, -0.25) is 4.79 Å². The topological polar surface area (TPSA) is 43.1 Å². The lowest BCUT2D eigenvalue weighted by Crippen LogP contribution is -2.12. The minimum Gasteiger partial charge on any atom is -0.365 e. The van der Waals surface area contributed by atoms with Gasteiger partial charge in [0.2, 0.25) is 0 Å². The van der Waals surface area contributed by atoms with Crippen LogP contribution in [0.25, 0.3) is 0 Å². The summed E-state index contributed by atoms with van der Waals surface area (Å²) in [6.07, 6.45) is 3.12. The summed E-state index contributed by atoms with van der Waals surface area (Å²) in [5, 5.41) is 0.306. The summed E-state index contributed by atoms with van der Waals surface area (Å²) < 4.78 is 0. The molecule has 0 aliphatic rings. The molecule has 2 nitrogen and oxygen atoms in total. The SMILES string of the molecule is C=C/C(Cl)=C(\SC)C(N)=O. The third-order valence-corrected chi connectivity index (χ3v) is 2.11. The number of carbonyl (C=O) groups excluding carboxylic acids is 1. The normalized spacial score (nSPS) is 12.2. The van der Waals surface area contributed by atoms with Gasteiger partial charge in [-0.1, -0.05) is 18.2 Å². The lowest BCUT2D eigenvalue weighted by atomic mass is 10.4. The van der Waals surface area contributed by atoms with E-state index in [4.69, 9.17) is 17.3 Å². The van der Waals surface area contributed by atoms with Crippen molar-refractivity contribution >= 4 is 29.3 Å². The monoisotopic (exact) mass is 177 g/mol. The summed E-state index contributed by atoms with van der Waals surface area (Å²) in [4.78, 5) is 10.9. The summed E-state index contributed by atoms with van der Waals surface area (Å²) in [7, 11) is 0. The molecule has 0 spiro atoms. The number of primary amides is 1. The van der Waals surface area contributed by atoms with E-state index < -0.39 is 5.91 Å². The number of allylic oxidation sites excluding steroid dienone is 2. The number of halogens is 1. The van der Waals surface area contributed by atoms with Gasteiger partial charge in [0.25, 0.3) is 5.91 Å². The highest BCUT2D eigenvalue weighted by Gasteiger charge is 2.05. The first kappa shape index (κ1) is 9.59. The molecule has 0 bridgehead atoms.